The predicted molar refractivity (Wildman–Crippen MR) is 82.8 cm³/mol. The molecule has 104 valence electrons. The van der Waals surface area contributed by atoms with E-state index in [0.29, 0.717) is 5.56 Å². The molecule has 0 saturated heterocycles. The molecule has 2 aromatic rings. The lowest BCUT2D eigenvalue weighted by atomic mass is 10.1. The Bertz CT molecular complexity index is 571. The first-order chi connectivity index (χ1) is 9.60. The van der Waals surface area contributed by atoms with Crippen molar-refractivity contribution in [3.05, 3.63) is 65.2 Å². The largest absolute Gasteiger partial charge is 0.324 e. The lowest BCUT2D eigenvalue weighted by Gasteiger charge is -2.09. The maximum absolute atomic E-state index is 12.1. The first-order valence-electron chi connectivity index (χ1n) is 6.86. The Morgan fingerprint density at radius 2 is 1.70 bits per heavy atom. The van der Waals surface area contributed by atoms with Crippen LogP contribution >= 0.6 is 0 Å². The Labute approximate surface area is 119 Å². The number of amides is 1. The summed E-state index contributed by atoms with van der Waals surface area (Å²) in [6, 6.07) is 15.3. The molecule has 0 aliphatic heterocycles. The van der Waals surface area contributed by atoms with Gasteiger partial charge in [-0.2, -0.15) is 0 Å². The van der Waals surface area contributed by atoms with Crippen molar-refractivity contribution in [1.29, 1.82) is 0 Å². The van der Waals surface area contributed by atoms with Crippen molar-refractivity contribution >= 4 is 11.6 Å². The number of anilines is 1. The second-order valence-electron chi connectivity index (χ2n) is 4.92. The molecule has 0 aromatic heterocycles. The van der Waals surface area contributed by atoms with Crippen LogP contribution in [0.3, 0.4) is 0 Å². The third-order valence-corrected chi connectivity index (χ3v) is 3.32. The number of carbonyl (C=O) groups excluding carboxylic acids is 1. The van der Waals surface area contributed by atoms with E-state index < -0.39 is 0 Å². The van der Waals surface area contributed by atoms with Crippen LogP contribution < -0.4 is 11.1 Å². The normalized spacial score (nSPS) is 11.9. The average molecular weight is 268 g/mol. The zero-order valence-electron chi connectivity index (χ0n) is 11.9. The Morgan fingerprint density at radius 3 is 2.20 bits per heavy atom. The molecule has 1 unspecified atom stereocenters. The molecule has 0 saturated carbocycles. The van der Waals surface area contributed by atoms with E-state index in [1.807, 2.05) is 55.5 Å². The molecule has 3 N–H and O–H groups in total. The van der Waals surface area contributed by atoms with Crippen LogP contribution in [-0.2, 0) is 6.42 Å². The minimum atomic E-state index is -0.0961. The molecule has 1 amide bonds. The van der Waals surface area contributed by atoms with Gasteiger partial charge in [-0.15, -0.1) is 0 Å². The molecule has 0 radical (unpaired) electrons. The van der Waals surface area contributed by atoms with Crippen LogP contribution in [0.2, 0.25) is 0 Å². The summed E-state index contributed by atoms with van der Waals surface area (Å²) in [6.45, 7) is 4.03. The van der Waals surface area contributed by atoms with E-state index in [1.54, 1.807) is 0 Å². The molecule has 3 heteroatoms. The van der Waals surface area contributed by atoms with E-state index >= 15 is 0 Å². The fourth-order valence-corrected chi connectivity index (χ4v) is 1.97. The van der Waals surface area contributed by atoms with Gasteiger partial charge in [-0.05, 0) is 48.7 Å². The third kappa shape index (κ3) is 3.45. The van der Waals surface area contributed by atoms with Crippen molar-refractivity contribution in [2.75, 3.05) is 5.32 Å². The molecule has 0 bridgehead atoms. The fraction of sp³-hybridized carbons (Fsp3) is 0.235. The van der Waals surface area contributed by atoms with E-state index in [2.05, 4.69) is 12.2 Å². The molecule has 3 nitrogen and oxygen atoms in total. The maximum Gasteiger partial charge on any atom is 0.255 e. The zero-order chi connectivity index (χ0) is 14.5. The van der Waals surface area contributed by atoms with E-state index in [0.717, 1.165) is 17.7 Å². The minimum absolute atomic E-state index is 0.00124. The number of nitrogens with two attached hydrogens (primary N) is 1. The number of hydrogen-bond acceptors (Lipinski definition) is 2. The van der Waals surface area contributed by atoms with E-state index in [1.165, 1.54) is 5.56 Å². The number of hydrogen-bond donors (Lipinski definition) is 2. The van der Waals surface area contributed by atoms with Crippen LogP contribution in [0.5, 0.6) is 0 Å². The molecular weight excluding hydrogens is 248 g/mol. The van der Waals surface area contributed by atoms with Gasteiger partial charge in [-0.3, -0.25) is 4.79 Å². The van der Waals surface area contributed by atoms with Gasteiger partial charge in [-0.1, -0.05) is 31.2 Å². The Morgan fingerprint density at radius 1 is 1.10 bits per heavy atom. The summed E-state index contributed by atoms with van der Waals surface area (Å²) in [4.78, 5) is 12.1. The number of benzene rings is 2. The highest BCUT2D eigenvalue weighted by Gasteiger charge is 2.06. The lowest BCUT2D eigenvalue weighted by molar-refractivity contribution is 0.102. The highest BCUT2D eigenvalue weighted by molar-refractivity contribution is 6.04. The molecule has 20 heavy (non-hydrogen) atoms. The summed E-state index contributed by atoms with van der Waals surface area (Å²) in [5.41, 5.74) is 9.51. The summed E-state index contributed by atoms with van der Waals surface area (Å²) in [7, 11) is 0. The van der Waals surface area contributed by atoms with Crippen LogP contribution in [0.4, 0.5) is 5.69 Å². The Hall–Kier alpha value is -2.13. The van der Waals surface area contributed by atoms with Gasteiger partial charge < -0.3 is 11.1 Å². The molecule has 0 aliphatic carbocycles. The van der Waals surface area contributed by atoms with E-state index in [4.69, 9.17) is 5.73 Å². The number of carbonyl (C=O) groups is 1. The zero-order valence-corrected chi connectivity index (χ0v) is 11.9. The van der Waals surface area contributed by atoms with E-state index in [9.17, 15) is 4.79 Å². The molecule has 1 atom stereocenters. The summed E-state index contributed by atoms with van der Waals surface area (Å²) in [6.07, 6.45) is 0.973. The van der Waals surface area contributed by atoms with Crippen LogP contribution in [-0.4, -0.2) is 5.91 Å². The second-order valence-corrected chi connectivity index (χ2v) is 4.92. The van der Waals surface area contributed by atoms with Crippen LogP contribution in [0.25, 0.3) is 0 Å². The SMILES string of the molecule is CCc1ccc(C(=O)Nc2ccc(C(C)N)cc2)cc1. The van der Waals surface area contributed by atoms with Crippen molar-refractivity contribution in [2.45, 2.75) is 26.3 Å². The van der Waals surface area contributed by atoms with Crippen LogP contribution in [0.15, 0.2) is 48.5 Å². The number of nitrogens with one attached hydrogen (secondary N) is 1. The molecule has 2 aromatic carbocycles. The van der Waals surface area contributed by atoms with Gasteiger partial charge >= 0.3 is 0 Å². The molecule has 0 fully saturated rings. The van der Waals surface area contributed by atoms with Gasteiger partial charge in [0.2, 0.25) is 0 Å². The van der Waals surface area contributed by atoms with Gasteiger partial charge in [0.15, 0.2) is 0 Å². The predicted octanol–water partition coefficient (Wildman–Crippen LogP) is 3.52. The van der Waals surface area contributed by atoms with Crippen molar-refractivity contribution in [2.24, 2.45) is 5.73 Å². The van der Waals surface area contributed by atoms with E-state index in [-0.39, 0.29) is 11.9 Å². The maximum atomic E-state index is 12.1. The quantitative estimate of drug-likeness (QED) is 0.891. The number of rotatable bonds is 4. The van der Waals surface area contributed by atoms with Crippen molar-refractivity contribution in [1.82, 2.24) is 0 Å². The Balaban J connectivity index is 2.06. The van der Waals surface area contributed by atoms with Gasteiger partial charge in [0.1, 0.15) is 0 Å². The monoisotopic (exact) mass is 268 g/mol. The van der Waals surface area contributed by atoms with Crippen molar-refractivity contribution in [3.8, 4) is 0 Å². The second kappa shape index (κ2) is 6.35. The first-order valence-corrected chi connectivity index (χ1v) is 6.86. The highest BCUT2D eigenvalue weighted by Crippen LogP contribution is 2.15. The molecule has 2 rings (SSSR count). The topological polar surface area (TPSA) is 55.1 Å². The highest BCUT2D eigenvalue weighted by atomic mass is 16.1. The molecule has 0 aliphatic rings. The molecular formula is C17H20N2O. The third-order valence-electron chi connectivity index (χ3n) is 3.32. The van der Waals surface area contributed by atoms with Gasteiger partial charge in [0.05, 0.1) is 0 Å². The summed E-state index contributed by atoms with van der Waals surface area (Å²) in [5, 5.41) is 2.88. The van der Waals surface area contributed by atoms with Crippen LogP contribution in [0.1, 0.15) is 41.4 Å². The first kappa shape index (κ1) is 14.3. The fourth-order valence-electron chi connectivity index (χ4n) is 1.97. The average Bonchev–Trinajstić information content (AvgIpc) is 2.48. The smallest absolute Gasteiger partial charge is 0.255 e. The number of aryl methyl sites for hydroxylation is 1. The van der Waals surface area contributed by atoms with Gasteiger partial charge in [0.25, 0.3) is 5.91 Å². The minimum Gasteiger partial charge on any atom is -0.324 e. The summed E-state index contributed by atoms with van der Waals surface area (Å²) in [5.74, 6) is -0.0961. The summed E-state index contributed by atoms with van der Waals surface area (Å²) < 4.78 is 0. The Kier molecular flexibility index (Phi) is 4.53. The van der Waals surface area contributed by atoms with Crippen molar-refractivity contribution < 1.29 is 4.79 Å². The molecule has 0 heterocycles. The molecule has 0 spiro atoms. The van der Waals surface area contributed by atoms with Crippen LogP contribution in [0, 0.1) is 0 Å². The van der Waals surface area contributed by atoms with Gasteiger partial charge in [0, 0.05) is 17.3 Å². The standard InChI is InChI=1S/C17H20N2O/c1-3-13-4-6-15(7-5-13)17(20)19-16-10-8-14(9-11-16)12(2)18/h4-12H,3,18H2,1-2H3,(H,19,20). The van der Waals surface area contributed by atoms with Gasteiger partial charge in [-0.25, -0.2) is 0 Å². The van der Waals surface area contributed by atoms with Crippen molar-refractivity contribution in [3.63, 3.8) is 0 Å². The summed E-state index contributed by atoms with van der Waals surface area (Å²) >= 11 is 0. The lowest BCUT2D eigenvalue weighted by Crippen LogP contribution is -2.12.